The summed E-state index contributed by atoms with van der Waals surface area (Å²) < 4.78 is 5.19. The van der Waals surface area contributed by atoms with Crippen LogP contribution < -0.4 is 4.74 Å². The second-order valence-corrected chi connectivity index (χ2v) is 4.72. The molecule has 108 valence electrons. The lowest BCUT2D eigenvalue weighted by Gasteiger charge is -2.29. The highest BCUT2D eigenvalue weighted by Gasteiger charge is 2.40. The first-order valence-corrected chi connectivity index (χ1v) is 6.40. The fraction of sp³-hybridized carbons (Fsp3) is 0.429. The Hall–Kier alpha value is -2.08. The minimum Gasteiger partial charge on any atom is -0.496 e. The van der Waals surface area contributed by atoms with Crippen LogP contribution in [0.25, 0.3) is 0 Å². The lowest BCUT2D eigenvalue weighted by molar-refractivity contribution is -0.149. The molecule has 2 rings (SSSR count). The largest absolute Gasteiger partial charge is 0.496 e. The van der Waals surface area contributed by atoms with E-state index in [2.05, 4.69) is 0 Å². The third-order valence-electron chi connectivity index (χ3n) is 3.58. The van der Waals surface area contributed by atoms with Crippen molar-refractivity contribution in [1.82, 2.24) is 4.90 Å². The maximum absolute atomic E-state index is 11.6. The van der Waals surface area contributed by atoms with E-state index in [0.717, 1.165) is 0 Å². The zero-order valence-electron chi connectivity index (χ0n) is 11.2. The quantitative estimate of drug-likeness (QED) is 0.846. The first kappa shape index (κ1) is 14.3. The van der Waals surface area contributed by atoms with E-state index in [1.165, 1.54) is 12.0 Å². The van der Waals surface area contributed by atoms with Gasteiger partial charge in [-0.2, -0.15) is 0 Å². The SMILES string of the molecule is COc1ccccc1C(C(=O)O)N1CCCC1C(=O)O. The molecule has 6 heteroatoms. The molecule has 1 saturated heterocycles. The van der Waals surface area contributed by atoms with Crippen LogP contribution in [0.5, 0.6) is 5.75 Å². The molecule has 1 aliphatic rings. The number of carbonyl (C=O) groups is 2. The van der Waals surface area contributed by atoms with E-state index in [1.54, 1.807) is 24.3 Å². The van der Waals surface area contributed by atoms with Crippen molar-refractivity contribution in [2.45, 2.75) is 24.9 Å². The number of hydrogen-bond acceptors (Lipinski definition) is 4. The first-order valence-electron chi connectivity index (χ1n) is 6.40. The molecule has 20 heavy (non-hydrogen) atoms. The second kappa shape index (κ2) is 5.92. The number of carboxylic acid groups (broad SMARTS) is 2. The minimum atomic E-state index is -1.07. The lowest BCUT2D eigenvalue weighted by Crippen LogP contribution is -2.42. The number of hydrogen-bond donors (Lipinski definition) is 2. The summed E-state index contributed by atoms with van der Waals surface area (Å²) in [6.07, 6.45) is 1.14. The van der Waals surface area contributed by atoms with Crippen molar-refractivity contribution >= 4 is 11.9 Å². The Morgan fingerprint density at radius 2 is 2.05 bits per heavy atom. The molecule has 0 bridgehead atoms. The van der Waals surface area contributed by atoms with Crippen molar-refractivity contribution in [3.8, 4) is 5.75 Å². The third kappa shape index (κ3) is 2.60. The summed E-state index contributed by atoms with van der Waals surface area (Å²) >= 11 is 0. The Morgan fingerprint density at radius 1 is 1.35 bits per heavy atom. The maximum atomic E-state index is 11.6. The number of aliphatic carboxylic acids is 2. The molecule has 0 aliphatic carbocycles. The predicted molar refractivity (Wildman–Crippen MR) is 70.7 cm³/mol. The van der Waals surface area contributed by atoms with Crippen LogP contribution in [0.4, 0.5) is 0 Å². The number of benzene rings is 1. The molecule has 0 saturated carbocycles. The van der Waals surface area contributed by atoms with Gasteiger partial charge in [-0.3, -0.25) is 14.5 Å². The molecule has 2 atom stereocenters. The number of likely N-dealkylation sites (tertiary alicyclic amines) is 1. The number of methoxy groups -OCH3 is 1. The lowest BCUT2D eigenvalue weighted by atomic mass is 10.0. The average Bonchev–Trinajstić information content (AvgIpc) is 2.88. The van der Waals surface area contributed by atoms with E-state index in [4.69, 9.17) is 4.74 Å². The van der Waals surface area contributed by atoms with Gasteiger partial charge in [0.2, 0.25) is 0 Å². The van der Waals surface area contributed by atoms with Crippen LogP contribution in [-0.4, -0.2) is 46.7 Å². The van der Waals surface area contributed by atoms with Gasteiger partial charge in [0, 0.05) is 12.1 Å². The Morgan fingerprint density at radius 3 is 2.65 bits per heavy atom. The van der Waals surface area contributed by atoms with Gasteiger partial charge in [-0.25, -0.2) is 0 Å². The summed E-state index contributed by atoms with van der Waals surface area (Å²) in [5, 5.41) is 18.7. The van der Waals surface area contributed by atoms with Crippen molar-refractivity contribution in [1.29, 1.82) is 0 Å². The summed E-state index contributed by atoms with van der Waals surface area (Å²) in [4.78, 5) is 24.4. The van der Waals surface area contributed by atoms with Crippen LogP contribution in [0.15, 0.2) is 24.3 Å². The van der Waals surface area contributed by atoms with Crippen LogP contribution in [0, 0.1) is 0 Å². The number of ether oxygens (including phenoxy) is 1. The van der Waals surface area contributed by atoms with Gasteiger partial charge in [0.1, 0.15) is 17.8 Å². The summed E-state index contributed by atoms with van der Waals surface area (Å²) in [5.74, 6) is -1.60. The zero-order valence-corrected chi connectivity index (χ0v) is 11.2. The van der Waals surface area contributed by atoms with Gasteiger partial charge >= 0.3 is 11.9 Å². The minimum absolute atomic E-state index is 0.450. The Bertz CT molecular complexity index is 516. The van der Waals surface area contributed by atoms with E-state index >= 15 is 0 Å². The smallest absolute Gasteiger partial charge is 0.325 e. The molecule has 0 radical (unpaired) electrons. The van der Waals surface area contributed by atoms with Gasteiger partial charge in [0.25, 0.3) is 0 Å². The number of rotatable bonds is 5. The molecule has 1 aromatic carbocycles. The summed E-state index contributed by atoms with van der Waals surface area (Å²) in [5.41, 5.74) is 0.482. The predicted octanol–water partition coefficient (Wildman–Crippen LogP) is 1.37. The number of para-hydroxylation sites is 1. The molecular weight excluding hydrogens is 262 g/mol. The summed E-state index contributed by atoms with van der Waals surface area (Å²) in [6.45, 7) is 0.450. The van der Waals surface area contributed by atoms with E-state index in [1.807, 2.05) is 0 Å². The first-order chi connectivity index (χ1) is 9.56. The van der Waals surface area contributed by atoms with Crippen LogP contribution in [0.1, 0.15) is 24.4 Å². The number of nitrogens with zero attached hydrogens (tertiary/aromatic N) is 1. The highest BCUT2D eigenvalue weighted by Crippen LogP contribution is 2.34. The summed E-state index contributed by atoms with van der Waals surface area (Å²) in [7, 11) is 1.47. The highest BCUT2D eigenvalue weighted by atomic mass is 16.5. The molecule has 1 aliphatic heterocycles. The molecule has 1 fully saturated rings. The summed E-state index contributed by atoms with van der Waals surface area (Å²) in [6, 6.07) is 5.04. The van der Waals surface area contributed by atoms with E-state index in [-0.39, 0.29) is 0 Å². The van der Waals surface area contributed by atoms with Gasteiger partial charge in [-0.15, -0.1) is 0 Å². The second-order valence-electron chi connectivity index (χ2n) is 4.72. The van der Waals surface area contributed by atoms with Gasteiger partial charge in [-0.05, 0) is 18.9 Å². The fourth-order valence-electron chi connectivity index (χ4n) is 2.71. The Balaban J connectivity index is 2.41. The van der Waals surface area contributed by atoms with Crippen molar-refractivity contribution in [2.24, 2.45) is 0 Å². The molecule has 2 unspecified atom stereocenters. The van der Waals surface area contributed by atoms with Gasteiger partial charge in [-0.1, -0.05) is 18.2 Å². The molecule has 0 aromatic heterocycles. The van der Waals surface area contributed by atoms with E-state index in [9.17, 15) is 19.8 Å². The van der Waals surface area contributed by atoms with Crippen LogP contribution >= 0.6 is 0 Å². The van der Waals surface area contributed by atoms with Crippen molar-refractivity contribution in [3.63, 3.8) is 0 Å². The van der Waals surface area contributed by atoms with Crippen LogP contribution in [-0.2, 0) is 9.59 Å². The van der Waals surface area contributed by atoms with E-state index in [0.29, 0.717) is 30.7 Å². The highest BCUT2D eigenvalue weighted by molar-refractivity contribution is 5.79. The topological polar surface area (TPSA) is 87.1 Å². The monoisotopic (exact) mass is 279 g/mol. The van der Waals surface area contributed by atoms with Crippen LogP contribution in [0.3, 0.4) is 0 Å². The standard InChI is InChI=1S/C14H17NO5/c1-20-11-7-3-2-5-9(11)12(14(18)19)15-8-4-6-10(15)13(16)17/h2-3,5,7,10,12H,4,6,8H2,1H3,(H,16,17)(H,18,19). The zero-order chi connectivity index (χ0) is 14.7. The van der Waals surface area contributed by atoms with Crippen LogP contribution in [0.2, 0.25) is 0 Å². The van der Waals surface area contributed by atoms with Crippen molar-refractivity contribution < 1.29 is 24.5 Å². The molecule has 1 aromatic rings. The Labute approximate surface area is 116 Å². The third-order valence-corrected chi connectivity index (χ3v) is 3.58. The maximum Gasteiger partial charge on any atom is 0.325 e. The van der Waals surface area contributed by atoms with Crippen molar-refractivity contribution in [3.05, 3.63) is 29.8 Å². The molecule has 2 N–H and O–H groups in total. The molecule has 6 nitrogen and oxygen atoms in total. The van der Waals surface area contributed by atoms with E-state index < -0.39 is 24.0 Å². The Kier molecular flexibility index (Phi) is 4.24. The molecular formula is C14H17NO5. The normalized spacial score (nSPS) is 20.6. The number of carboxylic acids is 2. The fourth-order valence-corrected chi connectivity index (χ4v) is 2.71. The van der Waals surface area contributed by atoms with Gasteiger partial charge < -0.3 is 14.9 Å². The van der Waals surface area contributed by atoms with Gasteiger partial charge in [0.05, 0.1) is 7.11 Å². The molecule has 0 amide bonds. The van der Waals surface area contributed by atoms with Gasteiger partial charge in [0.15, 0.2) is 0 Å². The van der Waals surface area contributed by atoms with Crippen molar-refractivity contribution in [2.75, 3.05) is 13.7 Å². The molecule has 0 spiro atoms. The molecule has 1 heterocycles. The average molecular weight is 279 g/mol.